The third kappa shape index (κ3) is 4.28. The van der Waals surface area contributed by atoms with Crippen LogP contribution in [0.4, 0.5) is 0 Å². The Hall–Kier alpha value is -2.43. The summed E-state index contributed by atoms with van der Waals surface area (Å²) in [5.74, 6) is -1.02. The minimum absolute atomic E-state index is 0. The summed E-state index contributed by atoms with van der Waals surface area (Å²) in [4.78, 5) is 14.6. The number of pyridine rings is 1. The van der Waals surface area contributed by atoms with Gasteiger partial charge in [-0.3, -0.25) is 0 Å². The number of aromatic carboxylic acids is 1. The van der Waals surface area contributed by atoms with Gasteiger partial charge in [0.1, 0.15) is 5.69 Å². The Morgan fingerprint density at radius 3 is 2.35 bits per heavy atom. The molecule has 0 aliphatic rings. The Morgan fingerprint density at radius 2 is 1.65 bits per heavy atom. The van der Waals surface area contributed by atoms with Crippen molar-refractivity contribution in [1.29, 1.82) is 0 Å². The van der Waals surface area contributed by atoms with Crippen LogP contribution in [0.15, 0.2) is 60.8 Å². The van der Waals surface area contributed by atoms with Gasteiger partial charge in [-0.15, -0.1) is 12.4 Å². The average Bonchev–Trinajstić information content (AvgIpc) is 2.55. The van der Waals surface area contributed by atoms with Crippen molar-refractivity contribution in [3.8, 4) is 0 Å². The predicted octanol–water partition coefficient (Wildman–Crippen LogP) is 4.07. The van der Waals surface area contributed by atoms with E-state index in [-0.39, 0.29) is 18.1 Å². The van der Waals surface area contributed by atoms with Gasteiger partial charge < -0.3 is 9.84 Å². The smallest absolute Gasteiger partial charge is 0.354 e. The van der Waals surface area contributed by atoms with E-state index in [9.17, 15) is 4.79 Å². The van der Waals surface area contributed by atoms with Crippen LogP contribution in [0.3, 0.4) is 0 Å². The normalized spacial score (nSPS) is 10.3. The van der Waals surface area contributed by atoms with E-state index in [2.05, 4.69) is 29.2 Å². The Kier molecular flexibility index (Phi) is 5.68. The molecule has 4 nitrogen and oxygen atoms in total. The van der Waals surface area contributed by atoms with Gasteiger partial charge in [0, 0.05) is 6.20 Å². The van der Waals surface area contributed by atoms with Crippen molar-refractivity contribution in [2.75, 3.05) is 0 Å². The third-order valence-electron chi connectivity index (χ3n) is 3.40. The number of halogens is 1. The van der Waals surface area contributed by atoms with Crippen molar-refractivity contribution in [2.24, 2.45) is 0 Å². The maximum atomic E-state index is 10.7. The second-order valence-electron chi connectivity index (χ2n) is 5.03. The maximum absolute atomic E-state index is 10.7. The van der Waals surface area contributed by atoms with Crippen molar-refractivity contribution in [1.82, 2.24) is 4.98 Å². The highest BCUT2D eigenvalue weighted by Gasteiger charge is 2.03. The van der Waals surface area contributed by atoms with Crippen molar-refractivity contribution >= 4 is 29.1 Å². The number of hydrogen-bond donors (Lipinski definition) is 1. The molecule has 0 unspecified atom stereocenters. The summed E-state index contributed by atoms with van der Waals surface area (Å²) in [6.45, 7) is 0.908. The van der Waals surface area contributed by atoms with E-state index in [0.29, 0.717) is 13.2 Å². The summed E-state index contributed by atoms with van der Waals surface area (Å²) < 4.78 is 5.67. The van der Waals surface area contributed by atoms with Crippen LogP contribution in [-0.4, -0.2) is 16.1 Å². The molecule has 0 atom stereocenters. The zero-order valence-corrected chi connectivity index (χ0v) is 13.1. The minimum atomic E-state index is -1.02. The molecule has 1 N–H and O–H groups in total. The predicted molar refractivity (Wildman–Crippen MR) is 90.9 cm³/mol. The third-order valence-corrected chi connectivity index (χ3v) is 3.40. The Morgan fingerprint density at radius 1 is 0.957 bits per heavy atom. The first-order valence-corrected chi connectivity index (χ1v) is 6.96. The van der Waals surface area contributed by atoms with Crippen molar-refractivity contribution in [3.63, 3.8) is 0 Å². The molecule has 0 bridgehead atoms. The standard InChI is InChI=1S/C18H15NO3.ClH/c20-18(21)17-8-6-14(10-19-17)12-22-11-13-5-7-15-3-1-2-4-16(15)9-13;/h1-10H,11-12H2,(H,20,21);1H. The number of fused-ring (bicyclic) bond motifs is 1. The molecule has 0 saturated heterocycles. The number of benzene rings is 2. The molecule has 3 rings (SSSR count). The number of rotatable bonds is 5. The van der Waals surface area contributed by atoms with Crippen LogP contribution in [0.25, 0.3) is 10.8 Å². The van der Waals surface area contributed by atoms with Crippen molar-refractivity contribution in [3.05, 3.63) is 77.6 Å². The minimum Gasteiger partial charge on any atom is -0.477 e. The highest BCUT2D eigenvalue weighted by molar-refractivity contribution is 5.85. The topological polar surface area (TPSA) is 59.4 Å². The molecule has 23 heavy (non-hydrogen) atoms. The molecule has 0 saturated carbocycles. The highest BCUT2D eigenvalue weighted by atomic mass is 35.5. The molecule has 0 aliphatic heterocycles. The van der Waals surface area contributed by atoms with E-state index >= 15 is 0 Å². The lowest BCUT2D eigenvalue weighted by molar-refractivity contribution is 0.0690. The fourth-order valence-electron chi connectivity index (χ4n) is 2.25. The lowest BCUT2D eigenvalue weighted by Gasteiger charge is -2.06. The fourth-order valence-corrected chi connectivity index (χ4v) is 2.25. The summed E-state index contributed by atoms with van der Waals surface area (Å²) in [6, 6.07) is 17.6. The van der Waals surface area contributed by atoms with Gasteiger partial charge in [-0.1, -0.05) is 42.5 Å². The maximum Gasteiger partial charge on any atom is 0.354 e. The number of nitrogens with zero attached hydrogens (tertiary/aromatic N) is 1. The Labute approximate surface area is 140 Å². The number of carboxylic acids is 1. The lowest BCUT2D eigenvalue weighted by Crippen LogP contribution is -2.01. The van der Waals surface area contributed by atoms with Gasteiger partial charge >= 0.3 is 5.97 Å². The van der Waals surface area contributed by atoms with Crippen LogP contribution in [-0.2, 0) is 18.0 Å². The highest BCUT2D eigenvalue weighted by Crippen LogP contribution is 2.16. The van der Waals surface area contributed by atoms with Crippen LogP contribution in [0, 0.1) is 0 Å². The van der Waals surface area contributed by atoms with Gasteiger partial charge in [0.05, 0.1) is 13.2 Å². The van der Waals surface area contributed by atoms with Crippen LogP contribution < -0.4 is 0 Å². The summed E-state index contributed by atoms with van der Waals surface area (Å²) in [6.07, 6.45) is 1.53. The molecular formula is C18H16ClNO3. The van der Waals surface area contributed by atoms with Gasteiger partial charge in [0.25, 0.3) is 0 Å². The summed E-state index contributed by atoms with van der Waals surface area (Å²) in [7, 11) is 0. The van der Waals surface area contributed by atoms with Crippen LogP contribution in [0.5, 0.6) is 0 Å². The SMILES string of the molecule is Cl.O=C(O)c1ccc(COCc2ccc3ccccc3c2)cn1. The molecular weight excluding hydrogens is 314 g/mol. The molecule has 1 aromatic heterocycles. The van der Waals surface area contributed by atoms with E-state index in [1.807, 2.05) is 18.2 Å². The lowest BCUT2D eigenvalue weighted by atomic mass is 10.1. The van der Waals surface area contributed by atoms with Gasteiger partial charge in [0.15, 0.2) is 0 Å². The van der Waals surface area contributed by atoms with Crippen molar-refractivity contribution < 1.29 is 14.6 Å². The van der Waals surface area contributed by atoms with Gasteiger partial charge in [-0.25, -0.2) is 9.78 Å². The molecule has 0 aliphatic carbocycles. The van der Waals surface area contributed by atoms with E-state index < -0.39 is 5.97 Å². The first-order chi connectivity index (χ1) is 10.7. The average molecular weight is 330 g/mol. The second kappa shape index (κ2) is 7.72. The summed E-state index contributed by atoms with van der Waals surface area (Å²) in [5, 5.41) is 11.2. The Balaban J connectivity index is 0.00000192. The van der Waals surface area contributed by atoms with Crippen molar-refractivity contribution in [2.45, 2.75) is 13.2 Å². The summed E-state index contributed by atoms with van der Waals surface area (Å²) in [5.41, 5.74) is 2.00. The van der Waals surface area contributed by atoms with E-state index in [1.54, 1.807) is 6.07 Å². The van der Waals surface area contributed by atoms with Crippen LogP contribution >= 0.6 is 12.4 Å². The monoisotopic (exact) mass is 329 g/mol. The second-order valence-corrected chi connectivity index (χ2v) is 5.03. The van der Waals surface area contributed by atoms with E-state index in [0.717, 1.165) is 11.1 Å². The molecule has 0 radical (unpaired) electrons. The molecule has 2 aromatic carbocycles. The largest absolute Gasteiger partial charge is 0.477 e. The van der Waals surface area contributed by atoms with E-state index in [4.69, 9.17) is 9.84 Å². The first kappa shape index (κ1) is 16.9. The van der Waals surface area contributed by atoms with Gasteiger partial charge in [-0.05, 0) is 34.0 Å². The number of carboxylic acid groups (broad SMARTS) is 1. The molecule has 118 valence electrons. The molecule has 5 heteroatoms. The van der Waals surface area contributed by atoms with Gasteiger partial charge in [0.2, 0.25) is 0 Å². The summed E-state index contributed by atoms with van der Waals surface area (Å²) >= 11 is 0. The molecule has 0 fully saturated rings. The van der Waals surface area contributed by atoms with Gasteiger partial charge in [-0.2, -0.15) is 0 Å². The molecule has 1 heterocycles. The Bertz CT molecular complexity index is 803. The number of carbonyl (C=O) groups is 1. The first-order valence-electron chi connectivity index (χ1n) is 6.96. The molecule has 0 amide bonds. The molecule has 3 aromatic rings. The zero-order chi connectivity index (χ0) is 15.4. The fraction of sp³-hybridized carbons (Fsp3) is 0.111. The number of aromatic nitrogens is 1. The zero-order valence-electron chi connectivity index (χ0n) is 12.3. The van der Waals surface area contributed by atoms with Crippen LogP contribution in [0.2, 0.25) is 0 Å². The van der Waals surface area contributed by atoms with Crippen LogP contribution in [0.1, 0.15) is 21.6 Å². The quantitative estimate of drug-likeness (QED) is 0.766. The number of hydrogen-bond acceptors (Lipinski definition) is 3. The molecule has 0 spiro atoms. The number of ether oxygens (including phenoxy) is 1. The van der Waals surface area contributed by atoms with E-state index in [1.165, 1.54) is 23.0 Å².